The van der Waals surface area contributed by atoms with Crippen LogP contribution in [0.5, 0.6) is 0 Å². The summed E-state index contributed by atoms with van der Waals surface area (Å²) >= 11 is 0. The van der Waals surface area contributed by atoms with E-state index in [9.17, 15) is 4.79 Å². The normalized spacial score (nSPS) is 31.2. The molecule has 0 bridgehead atoms. The molecule has 0 amide bonds. The molecule has 138 valence electrons. The van der Waals surface area contributed by atoms with E-state index >= 15 is 0 Å². The molecule has 0 aliphatic heterocycles. The van der Waals surface area contributed by atoms with Crippen molar-refractivity contribution in [2.75, 3.05) is 0 Å². The van der Waals surface area contributed by atoms with E-state index in [0.29, 0.717) is 23.7 Å². The van der Waals surface area contributed by atoms with Crippen LogP contribution in [0.3, 0.4) is 0 Å². The van der Waals surface area contributed by atoms with Crippen LogP contribution in [0.2, 0.25) is 0 Å². The SMILES string of the molecule is CC(C)[C@@H]1CC[C@@H](C)C[C@H]1OC(=O)[C@H]1C[C@H]1c1ccc2ccccc2c1. The van der Waals surface area contributed by atoms with Crippen LogP contribution in [0, 0.1) is 23.7 Å². The van der Waals surface area contributed by atoms with E-state index in [-0.39, 0.29) is 18.0 Å². The summed E-state index contributed by atoms with van der Waals surface area (Å²) in [5, 5.41) is 2.51. The van der Waals surface area contributed by atoms with Crippen molar-refractivity contribution < 1.29 is 9.53 Å². The molecule has 2 saturated carbocycles. The van der Waals surface area contributed by atoms with Gasteiger partial charge < -0.3 is 4.74 Å². The third kappa shape index (κ3) is 3.51. The van der Waals surface area contributed by atoms with Crippen molar-refractivity contribution in [3.63, 3.8) is 0 Å². The first kappa shape index (κ1) is 17.6. The van der Waals surface area contributed by atoms with E-state index in [1.165, 1.54) is 29.2 Å². The second-order valence-electron chi connectivity index (χ2n) is 8.86. The van der Waals surface area contributed by atoms with E-state index in [0.717, 1.165) is 12.8 Å². The van der Waals surface area contributed by atoms with E-state index < -0.39 is 0 Å². The van der Waals surface area contributed by atoms with Gasteiger partial charge in [0.2, 0.25) is 0 Å². The summed E-state index contributed by atoms with van der Waals surface area (Å²) in [6.45, 7) is 6.80. The number of esters is 1. The first-order valence-electron chi connectivity index (χ1n) is 10.2. The molecule has 5 atom stereocenters. The Labute approximate surface area is 156 Å². The second kappa shape index (κ2) is 7.06. The molecule has 2 aliphatic rings. The van der Waals surface area contributed by atoms with Gasteiger partial charge in [-0.2, -0.15) is 0 Å². The summed E-state index contributed by atoms with van der Waals surface area (Å²) in [5.41, 5.74) is 1.28. The van der Waals surface area contributed by atoms with E-state index in [2.05, 4.69) is 63.2 Å². The van der Waals surface area contributed by atoms with Crippen LogP contribution in [0.4, 0.5) is 0 Å². The molecular weight excluding hydrogens is 320 g/mol. The van der Waals surface area contributed by atoms with Crippen molar-refractivity contribution in [1.82, 2.24) is 0 Å². The molecule has 26 heavy (non-hydrogen) atoms. The standard InChI is InChI=1S/C24H30O2/c1-15(2)20-11-8-16(3)12-23(20)26-24(25)22-14-21(22)19-10-9-17-6-4-5-7-18(17)13-19/h4-7,9-10,13,15-16,20-23H,8,11-12,14H2,1-3H3/t16-,20+,21+,22+,23-/m1/s1. The summed E-state index contributed by atoms with van der Waals surface area (Å²) in [4.78, 5) is 12.8. The summed E-state index contributed by atoms with van der Waals surface area (Å²) < 4.78 is 6.06. The fourth-order valence-electron chi connectivity index (χ4n) is 4.75. The highest BCUT2D eigenvalue weighted by Gasteiger charge is 2.47. The Morgan fingerprint density at radius 3 is 2.58 bits per heavy atom. The van der Waals surface area contributed by atoms with Gasteiger partial charge in [-0.25, -0.2) is 0 Å². The molecule has 0 radical (unpaired) electrons. The van der Waals surface area contributed by atoms with Gasteiger partial charge in [0.15, 0.2) is 0 Å². The highest BCUT2D eigenvalue weighted by atomic mass is 16.5. The Bertz CT molecular complexity index is 794. The Balaban J connectivity index is 1.42. The molecular formula is C24H30O2. The lowest BCUT2D eigenvalue weighted by atomic mass is 9.75. The maximum atomic E-state index is 12.8. The van der Waals surface area contributed by atoms with Gasteiger partial charge in [-0.15, -0.1) is 0 Å². The Hall–Kier alpha value is -1.83. The zero-order chi connectivity index (χ0) is 18.3. The minimum Gasteiger partial charge on any atom is -0.462 e. The van der Waals surface area contributed by atoms with Crippen LogP contribution in [0.15, 0.2) is 42.5 Å². The summed E-state index contributed by atoms with van der Waals surface area (Å²) in [6, 6.07) is 15.0. The van der Waals surface area contributed by atoms with Gasteiger partial charge in [0.05, 0.1) is 5.92 Å². The number of hydrogen-bond donors (Lipinski definition) is 0. The number of fused-ring (bicyclic) bond motifs is 1. The average molecular weight is 351 g/mol. The number of rotatable bonds is 4. The molecule has 2 nitrogen and oxygen atoms in total. The molecule has 0 saturated heterocycles. The van der Waals surface area contributed by atoms with Crippen molar-refractivity contribution in [2.24, 2.45) is 23.7 Å². The van der Waals surface area contributed by atoms with Crippen LogP contribution < -0.4 is 0 Å². The van der Waals surface area contributed by atoms with Gasteiger partial charge >= 0.3 is 5.97 Å². The minimum atomic E-state index is 0.0351. The van der Waals surface area contributed by atoms with Crippen molar-refractivity contribution in [3.05, 3.63) is 48.0 Å². The molecule has 0 heterocycles. The number of ether oxygens (including phenoxy) is 1. The van der Waals surface area contributed by atoms with Crippen LogP contribution in [-0.2, 0) is 9.53 Å². The minimum absolute atomic E-state index is 0.0351. The fourth-order valence-corrected chi connectivity index (χ4v) is 4.75. The zero-order valence-electron chi connectivity index (χ0n) is 16.2. The second-order valence-corrected chi connectivity index (χ2v) is 8.86. The Kier molecular flexibility index (Phi) is 4.77. The summed E-state index contributed by atoms with van der Waals surface area (Å²) in [6.07, 6.45) is 4.53. The number of hydrogen-bond acceptors (Lipinski definition) is 2. The highest BCUT2D eigenvalue weighted by molar-refractivity contribution is 5.84. The Morgan fingerprint density at radius 2 is 1.81 bits per heavy atom. The highest BCUT2D eigenvalue weighted by Crippen LogP contribution is 2.49. The van der Waals surface area contributed by atoms with Gasteiger partial charge in [0, 0.05) is 0 Å². The molecule has 0 N–H and O–H groups in total. The monoisotopic (exact) mass is 350 g/mol. The fraction of sp³-hybridized carbons (Fsp3) is 0.542. The van der Waals surface area contributed by atoms with E-state index in [4.69, 9.17) is 4.74 Å². The first-order chi connectivity index (χ1) is 12.5. The van der Waals surface area contributed by atoms with Crippen LogP contribution >= 0.6 is 0 Å². The van der Waals surface area contributed by atoms with Crippen molar-refractivity contribution in [1.29, 1.82) is 0 Å². The van der Waals surface area contributed by atoms with Gasteiger partial charge in [-0.1, -0.05) is 69.7 Å². The third-order valence-electron chi connectivity index (χ3n) is 6.52. The topological polar surface area (TPSA) is 26.3 Å². The van der Waals surface area contributed by atoms with E-state index in [1.807, 2.05) is 0 Å². The molecule has 0 aromatic heterocycles. The lowest BCUT2D eigenvalue weighted by Gasteiger charge is -2.36. The summed E-state index contributed by atoms with van der Waals surface area (Å²) in [5.74, 6) is 2.20. The molecule has 2 fully saturated rings. The predicted molar refractivity (Wildman–Crippen MR) is 106 cm³/mol. The lowest BCUT2D eigenvalue weighted by molar-refractivity contribution is -0.157. The molecule has 2 aliphatic carbocycles. The van der Waals surface area contributed by atoms with Gasteiger partial charge in [-0.3, -0.25) is 4.79 Å². The van der Waals surface area contributed by atoms with Gasteiger partial charge in [-0.05, 0) is 59.3 Å². The van der Waals surface area contributed by atoms with Crippen molar-refractivity contribution in [3.8, 4) is 0 Å². The van der Waals surface area contributed by atoms with Crippen molar-refractivity contribution in [2.45, 2.75) is 58.5 Å². The van der Waals surface area contributed by atoms with Crippen molar-refractivity contribution >= 4 is 16.7 Å². The zero-order valence-corrected chi connectivity index (χ0v) is 16.2. The van der Waals surface area contributed by atoms with E-state index in [1.54, 1.807) is 0 Å². The van der Waals surface area contributed by atoms with Gasteiger partial charge in [0.25, 0.3) is 0 Å². The largest absolute Gasteiger partial charge is 0.462 e. The maximum Gasteiger partial charge on any atom is 0.309 e. The number of carbonyl (C=O) groups excluding carboxylic acids is 1. The maximum absolute atomic E-state index is 12.8. The molecule has 0 spiro atoms. The predicted octanol–water partition coefficient (Wildman–Crippen LogP) is 5.95. The molecule has 2 heteroatoms. The summed E-state index contributed by atoms with van der Waals surface area (Å²) in [7, 11) is 0. The average Bonchev–Trinajstić information content (AvgIpc) is 3.42. The molecule has 0 unspecified atom stereocenters. The first-order valence-corrected chi connectivity index (χ1v) is 10.2. The molecule has 2 aromatic carbocycles. The lowest BCUT2D eigenvalue weighted by Crippen LogP contribution is -2.36. The van der Waals surface area contributed by atoms with Crippen LogP contribution in [0.1, 0.15) is 57.9 Å². The Morgan fingerprint density at radius 1 is 1.04 bits per heavy atom. The van der Waals surface area contributed by atoms with Gasteiger partial charge in [0.1, 0.15) is 6.10 Å². The third-order valence-corrected chi connectivity index (χ3v) is 6.52. The molecule has 4 rings (SSSR count). The molecule has 2 aromatic rings. The van der Waals surface area contributed by atoms with Crippen LogP contribution in [0.25, 0.3) is 10.8 Å². The number of benzene rings is 2. The van der Waals surface area contributed by atoms with Crippen LogP contribution in [-0.4, -0.2) is 12.1 Å². The smallest absolute Gasteiger partial charge is 0.309 e. The number of carbonyl (C=O) groups is 1. The quantitative estimate of drug-likeness (QED) is 0.637.